The SMILES string of the molecule is Cc1sc(N/N=C/c2nccn2CCCCS(=O)(=O)[O-])[n+](C)c1C. The summed E-state index contributed by atoms with van der Waals surface area (Å²) in [6.07, 6.45) is 6.00. The van der Waals surface area contributed by atoms with Gasteiger partial charge in [0.25, 0.3) is 0 Å². The summed E-state index contributed by atoms with van der Waals surface area (Å²) in [6, 6.07) is 0. The third kappa shape index (κ3) is 5.11. The molecular weight excluding hydrogens is 350 g/mol. The number of rotatable bonds is 8. The van der Waals surface area contributed by atoms with Crippen LogP contribution in [0.3, 0.4) is 0 Å². The summed E-state index contributed by atoms with van der Waals surface area (Å²) in [4.78, 5) is 5.44. The lowest BCUT2D eigenvalue weighted by Crippen LogP contribution is -2.31. The standard InChI is InChI=1S/C14H21N5O3S2/c1-11-12(2)23-14(18(11)3)17-16-10-13-15-6-8-19(13)7-4-5-9-24(20,21)22/h6,8,10H,4-5,7,9H2,1-3H3,(H,20,21,22)/b16-10+. The lowest BCUT2D eigenvalue weighted by Gasteiger charge is -2.07. The van der Waals surface area contributed by atoms with E-state index in [9.17, 15) is 13.0 Å². The Morgan fingerprint density at radius 1 is 1.46 bits per heavy atom. The van der Waals surface area contributed by atoms with E-state index in [4.69, 9.17) is 0 Å². The van der Waals surface area contributed by atoms with E-state index in [1.807, 2.05) is 16.2 Å². The lowest BCUT2D eigenvalue weighted by molar-refractivity contribution is -0.659. The third-order valence-corrected chi connectivity index (χ3v) is 5.65. The van der Waals surface area contributed by atoms with E-state index in [0.717, 1.165) is 5.13 Å². The maximum atomic E-state index is 10.6. The molecule has 132 valence electrons. The van der Waals surface area contributed by atoms with Crippen molar-refractivity contribution >= 4 is 32.8 Å². The molecule has 0 aliphatic heterocycles. The van der Waals surface area contributed by atoms with Crippen LogP contribution in [-0.4, -0.2) is 34.5 Å². The highest BCUT2D eigenvalue weighted by Gasteiger charge is 2.14. The molecule has 2 aromatic rings. The highest BCUT2D eigenvalue weighted by atomic mass is 32.2. The molecule has 0 aromatic carbocycles. The van der Waals surface area contributed by atoms with Crippen LogP contribution in [0.5, 0.6) is 0 Å². The molecule has 8 nitrogen and oxygen atoms in total. The smallest absolute Gasteiger partial charge is 0.359 e. The van der Waals surface area contributed by atoms with Crippen molar-refractivity contribution < 1.29 is 17.5 Å². The second-order valence-electron chi connectivity index (χ2n) is 5.43. The highest BCUT2D eigenvalue weighted by molar-refractivity contribution is 7.85. The Bertz CT molecular complexity index is 824. The summed E-state index contributed by atoms with van der Waals surface area (Å²) >= 11 is 1.63. The summed E-state index contributed by atoms with van der Waals surface area (Å²) in [6.45, 7) is 4.70. The number of anilines is 1. The summed E-state index contributed by atoms with van der Waals surface area (Å²) < 4.78 is 35.7. The first-order valence-electron chi connectivity index (χ1n) is 7.48. The van der Waals surface area contributed by atoms with Gasteiger partial charge in [0.2, 0.25) is 0 Å². The average molecular weight is 371 g/mol. The van der Waals surface area contributed by atoms with Crippen LogP contribution in [0.15, 0.2) is 17.5 Å². The zero-order valence-corrected chi connectivity index (χ0v) is 15.5. The zero-order valence-electron chi connectivity index (χ0n) is 13.9. The van der Waals surface area contributed by atoms with Crippen molar-refractivity contribution in [1.82, 2.24) is 9.55 Å². The topological polar surface area (TPSA) is 103 Å². The Morgan fingerprint density at radius 3 is 2.83 bits per heavy atom. The van der Waals surface area contributed by atoms with Gasteiger partial charge < -0.3 is 9.12 Å². The fourth-order valence-corrected chi connectivity index (χ4v) is 3.62. The Labute approximate surface area is 145 Å². The number of imidazole rings is 1. The van der Waals surface area contributed by atoms with E-state index in [-0.39, 0.29) is 5.75 Å². The molecule has 0 saturated heterocycles. The minimum Gasteiger partial charge on any atom is -0.748 e. The van der Waals surface area contributed by atoms with Gasteiger partial charge in [-0.05, 0) is 38.0 Å². The second kappa shape index (κ2) is 7.86. The first kappa shape index (κ1) is 18.6. The van der Waals surface area contributed by atoms with E-state index < -0.39 is 10.1 Å². The van der Waals surface area contributed by atoms with Crippen molar-refractivity contribution in [2.24, 2.45) is 12.1 Å². The van der Waals surface area contributed by atoms with Crippen molar-refractivity contribution in [2.45, 2.75) is 33.2 Å². The number of unbranched alkanes of at least 4 members (excludes halogenated alkanes) is 1. The van der Waals surface area contributed by atoms with Crippen LogP contribution in [0.2, 0.25) is 0 Å². The van der Waals surface area contributed by atoms with Crippen molar-refractivity contribution in [3.05, 3.63) is 28.8 Å². The van der Waals surface area contributed by atoms with Gasteiger partial charge in [-0.2, -0.15) is 0 Å². The number of hydrazone groups is 1. The van der Waals surface area contributed by atoms with Crippen molar-refractivity contribution in [1.29, 1.82) is 0 Å². The molecule has 24 heavy (non-hydrogen) atoms. The number of nitrogens with one attached hydrogen (secondary N) is 1. The van der Waals surface area contributed by atoms with Crippen LogP contribution in [0.25, 0.3) is 0 Å². The molecule has 0 unspecified atom stereocenters. The molecule has 2 aromatic heterocycles. The molecule has 0 spiro atoms. The maximum Gasteiger partial charge on any atom is 0.359 e. The molecule has 10 heteroatoms. The van der Waals surface area contributed by atoms with Gasteiger partial charge in [0.15, 0.2) is 5.82 Å². The highest BCUT2D eigenvalue weighted by Crippen LogP contribution is 2.18. The molecule has 0 bridgehead atoms. The number of aryl methyl sites for hydroxylation is 2. The van der Waals surface area contributed by atoms with Crippen LogP contribution in [0.4, 0.5) is 5.13 Å². The monoisotopic (exact) mass is 371 g/mol. The Hall–Kier alpha value is -1.78. The number of hydrogen-bond donors (Lipinski definition) is 1. The quantitative estimate of drug-likeness (QED) is 0.247. The van der Waals surface area contributed by atoms with Crippen molar-refractivity contribution in [2.75, 3.05) is 11.2 Å². The maximum absolute atomic E-state index is 10.6. The molecule has 0 radical (unpaired) electrons. The molecule has 2 rings (SSSR count). The number of aromatic nitrogens is 3. The first-order chi connectivity index (χ1) is 11.3. The third-order valence-electron chi connectivity index (χ3n) is 3.70. The van der Waals surface area contributed by atoms with Crippen LogP contribution >= 0.6 is 11.3 Å². The van der Waals surface area contributed by atoms with Crippen molar-refractivity contribution in [3.8, 4) is 0 Å². The fourth-order valence-electron chi connectivity index (χ4n) is 2.12. The van der Waals surface area contributed by atoms with Gasteiger partial charge in [-0.15, -0.1) is 5.43 Å². The van der Waals surface area contributed by atoms with Crippen LogP contribution in [-0.2, 0) is 23.7 Å². The van der Waals surface area contributed by atoms with Gasteiger partial charge in [-0.1, -0.05) is 5.10 Å². The normalized spacial score (nSPS) is 12.2. The van der Waals surface area contributed by atoms with E-state index in [0.29, 0.717) is 25.2 Å². The van der Waals surface area contributed by atoms with Gasteiger partial charge in [-0.3, -0.25) is 0 Å². The fraction of sp³-hybridized carbons (Fsp3) is 0.500. The van der Waals surface area contributed by atoms with Gasteiger partial charge in [-0.25, -0.2) is 18.0 Å². The molecular formula is C14H21N5O3S2. The molecule has 0 atom stereocenters. The van der Waals surface area contributed by atoms with Gasteiger partial charge >= 0.3 is 5.13 Å². The van der Waals surface area contributed by atoms with Crippen LogP contribution in [0, 0.1) is 13.8 Å². The van der Waals surface area contributed by atoms with Gasteiger partial charge in [0.1, 0.15) is 11.9 Å². The Morgan fingerprint density at radius 2 is 2.21 bits per heavy atom. The molecule has 1 N–H and O–H groups in total. The summed E-state index contributed by atoms with van der Waals surface area (Å²) in [5.41, 5.74) is 4.19. The minimum atomic E-state index is -4.14. The summed E-state index contributed by atoms with van der Waals surface area (Å²) in [7, 11) is -2.16. The largest absolute Gasteiger partial charge is 0.748 e. The van der Waals surface area contributed by atoms with E-state index in [2.05, 4.69) is 29.4 Å². The predicted molar refractivity (Wildman–Crippen MR) is 92.2 cm³/mol. The molecule has 0 amide bonds. The Balaban J connectivity index is 1.91. The average Bonchev–Trinajstić information content (AvgIpc) is 3.04. The van der Waals surface area contributed by atoms with Crippen molar-refractivity contribution in [3.63, 3.8) is 0 Å². The molecule has 2 heterocycles. The lowest BCUT2D eigenvalue weighted by atomic mass is 10.3. The number of nitrogens with zero attached hydrogens (tertiary/aromatic N) is 4. The minimum absolute atomic E-state index is 0.333. The Kier molecular flexibility index (Phi) is 6.08. The van der Waals surface area contributed by atoms with Crippen LogP contribution in [0.1, 0.15) is 29.2 Å². The summed E-state index contributed by atoms with van der Waals surface area (Å²) in [5.74, 6) is 0.334. The summed E-state index contributed by atoms with van der Waals surface area (Å²) in [5, 5.41) is 5.14. The number of thiazole rings is 1. The second-order valence-corrected chi connectivity index (χ2v) is 8.15. The zero-order chi connectivity index (χ0) is 17.7. The van der Waals surface area contributed by atoms with E-state index in [1.165, 1.54) is 10.6 Å². The first-order valence-corrected chi connectivity index (χ1v) is 9.87. The molecule has 0 aliphatic rings. The molecule has 0 fully saturated rings. The van der Waals surface area contributed by atoms with Gasteiger partial charge in [0.05, 0.1) is 22.0 Å². The predicted octanol–water partition coefficient (Wildman–Crippen LogP) is 1.16. The number of hydrogen-bond acceptors (Lipinski definition) is 7. The van der Waals surface area contributed by atoms with E-state index in [1.54, 1.807) is 29.9 Å². The molecule has 0 aliphatic carbocycles. The molecule has 0 saturated carbocycles. The van der Waals surface area contributed by atoms with E-state index >= 15 is 0 Å². The van der Waals surface area contributed by atoms with Crippen LogP contribution < -0.4 is 9.99 Å². The van der Waals surface area contributed by atoms with Gasteiger partial charge in [0, 0.05) is 24.7 Å².